The van der Waals surface area contributed by atoms with Gasteiger partial charge in [0.15, 0.2) is 0 Å². The highest BCUT2D eigenvalue weighted by molar-refractivity contribution is 9.10. The van der Waals surface area contributed by atoms with E-state index < -0.39 is 0 Å². The van der Waals surface area contributed by atoms with Gasteiger partial charge in [-0.25, -0.2) is 4.68 Å². The number of aryl methyl sites for hydroxylation is 1. The van der Waals surface area contributed by atoms with Crippen LogP contribution in [0.4, 0.5) is 5.69 Å². The van der Waals surface area contributed by atoms with Crippen molar-refractivity contribution in [1.82, 2.24) is 9.78 Å². The molecule has 2 N–H and O–H groups in total. The summed E-state index contributed by atoms with van der Waals surface area (Å²) < 4.78 is 1.90. The first-order valence-corrected chi connectivity index (χ1v) is 6.84. The summed E-state index contributed by atoms with van der Waals surface area (Å²) in [6.07, 6.45) is 2.66. The number of hydrogen-bond acceptors (Lipinski definition) is 4. The Bertz CT molecular complexity index is 511. The topological polar surface area (TPSA) is 64.2 Å². The normalized spacial score (nSPS) is 23.2. The van der Waals surface area contributed by atoms with Crippen LogP contribution in [0, 0.1) is 5.41 Å². The van der Waals surface area contributed by atoms with Crippen molar-refractivity contribution in [3.8, 4) is 0 Å². The second kappa shape index (κ2) is 4.66. The van der Waals surface area contributed by atoms with Gasteiger partial charge >= 0.3 is 0 Å². The van der Waals surface area contributed by atoms with Crippen LogP contribution in [-0.4, -0.2) is 28.9 Å². The summed E-state index contributed by atoms with van der Waals surface area (Å²) in [6.45, 7) is 6.01. The standard InChI is InChI=1S/C12H19BrN4O/c1-12(2)7-17(5-4-9(12)14)8-6-15-16(3)11(18)10(8)13/h6,9H,4-5,7,14H2,1-3H3. The molecule has 18 heavy (non-hydrogen) atoms. The highest BCUT2D eigenvalue weighted by Crippen LogP contribution is 2.32. The van der Waals surface area contributed by atoms with E-state index in [0.29, 0.717) is 4.47 Å². The Kier molecular flexibility index (Phi) is 3.51. The fourth-order valence-corrected chi connectivity index (χ4v) is 2.91. The van der Waals surface area contributed by atoms with Gasteiger partial charge in [-0.2, -0.15) is 5.10 Å². The van der Waals surface area contributed by atoms with Crippen LogP contribution in [0.5, 0.6) is 0 Å². The largest absolute Gasteiger partial charge is 0.369 e. The zero-order valence-corrected chi connectivity index (χ0v) is 12.6. The first-order valence-electron chi connectivity index (χ1n) is 6.05. The molecule has 1 saturated heterocycles. The molecule has 0 saturated carbocycles. The van der Waals surface area contributed by atoms with Gasteiger partial charge in [0, 0.05) is 26.2 Å². The monoisotopic (exact) mass is 314 g/mol. The molecule has 0 amide bonds. The van der Waals surface area contributed by atoms with E-state index in [-0.39, 0.29) is 17.0 Å². The maximum atomic E-state index is 11.9. The lowest BCUT2D eigenvalue weighted by atomic mass is 9.79. The second-order valence-corrected chi connectivity index (χ2v) is 6.37. The van der Waals surface area contributed by atoms with E-state index in [4.69, 9.17) is 5.73 Å². The Balaban J connectivity index is 2.34. The zero-order valence-electron chi connectivity index (χ0n) is 11.0. The Hall–Kier alpha value is -0.880. The number of nitrogens with two attached hydrogens (primary N) is 1. The Labute approximate surface area is 115 Å². The van der Waals surface area contributed by atoms with E-state index in [0.717, 1.165) is 25.2 Å². The van der Waals surface area contributed by atoms with E-state index in [1.807, 2.05) is 0 Å². The number of anilines is 1. The third-order valence-electron chi connectivity index (χ3n) is 3.71. The Morgan fingerprint density at radius 3 is 2.83 bits per heavy atom. The van der Waals surface area contributed by atoms with Crippen LogP contribution in [-0.2, 0) is 7.05 Å². The molecular formula is C12H19BrN4O. The molecule has 0 radical (unpaired) electrons. The van der Waals surface area contributed by atoms with Gasteiger partial charge in [-0.15, -0.1) is 0 Å². The van der Waals surface area contributed by atoms with Crippen molar-refractivity contribution >= 4 is 21.6 Å². The lowest BCUT2D eigenvalue weighted by Gasteiger charge is -2.43. The minimum Gasteiger partial charge on any atom is -0.369 e. The summed E-state index contributed by atoms with van der Waals surface area (Å²) >= 11 is 3.37. The number of piperidine rings is 1. The lowest BCUT2D eigenvalue weighted by molar-refractivity contribution is 0.245. The van der Waals surface area contributed by atoms with Crippen LogP contribution >= 0.6 is 15.9 Å². The van der Waals surface area contributed by atoms with Crippen molar-refractivity contribution in [2.24, 2.45) is 18.2 Å². The fourth-order valence-electron chi connectivity index (χ4n) is 2.30. The predicted molar refractivity (Wildman–Crippen MR) is 75.8 cm³/mol. The second-order valence-electron chi connectivity index (χ2n) is 5.58. The van der Waals surface area contributed by atoms with Crippen LogP contribution in [0.25, 0.3) is 0 Å². The Morgan fingerprint density at radius 1 is 1.56 bits per heavy atom. The summed E-state index contributed by atoms with van der Waals surface area (Å²) in [5.41, 5.74) is 6.91. The summed E-state index contributed by atoms with van der Waals surface area (Å²) in [4.78, 5) is 14.0. The van der Waals surface area contributed by atoms with Crippen molar-refractivity contribution in [2.45, 2.75) is 26.3 Å². The number of aromatic nitrogens is 2. The van der Waals surface area contributed by atoms with E-state index in [1.165, 1.54) is 4.68 Å². The molecule has 100 valence electrons. The minimum absolute atomic E-state index is 0.0404. The molecule has 5 nitrogen and oxygen atoms in total. The van der Waals surface area contributed by atoms with E-state index >= 15 is 0 Å². The fraction of sp³-hybridized carbons (Fsp3) is 0.667. The average Bonchev–Trinajstić information content (AvgIpc) is 2.30. The van der Waals surface area contributed by atoms with E-state index in [9.17, 15) is 4.79 Å². The third kappa shape index (κ3) is 2.31. The number of nitrogens with zero attached hydrogens (tertiary/aromatic N) is 3. The summed E-state index contributed by atoms with van der Waals surface area (Å²) in [7, 11) is 1.65. The van der Waals surface area contributed by atoms with Gasteiger partial charge in [-0.05, 0) is 27.8 Å². The molecular weight excluding hydrogens is 296 g/mol. The lowest BCUT2D eigenvalue weighted by Crippen LogP contribution is -2.52. The predicted octanol–water partition coefficient (Wildman–Crippen LogP) is 1.11. The average molecular weight is 315 g/mol. The van der Waals surface area contributed by atoms with Crippen LogP contribution in [0.1, 0.15) is 20.3 Å². The zero-order chi connectivity index (χ0) is 13.5. The molecule has 1 aliphatic heterocycles. The van der Waals surface area contributed by atoms with Crippen molar-refractivity contribution in [3.05, 3.63) is 21.0 Å². The van der Waals surface area contributed by atoms with Gasteiger partial charge in [0.25, 0.3) is 5.56 Å². The molecule has 1 aromatic heterocycles. The van der Waals surface area contributed by atoms with E-state index in [2.05, 4.69) is 39.8 Å². The van der Waals surface area contributed by atoms with Crippen molar-refractivity contribution in [1.29, 1.82) is 0 Å². The molecule has 0 spiro atoms. The van der Waals surface area contributed by atoms with Gasteiger partial charge < -0.3 is 10.6 Å². The van der Waals surface area contributed by atoms with Crippen molar-refractivity contribution in [2.75, 3.05) is 18.0 Å². The maximum Gasteiger partial charge on any atom is 0.282 e. The smallest absolute Gasteiger partial charge is 0.282 e. The molecule has 2 rings (SSSR count). The summed E-state index contributed by atoms with van der Waals surface area (Å²) in [5, 5.41) is 4.08. The van der Waals surface area contributed by atoms with Gasteiger partial charge in [-0.3, -0.25) is 4.79 Å². The minimum atomic E-state index is -0.111. The Morgan fingerprint density at radius 2 is 2.22 bits per heavy atom. The molecule has 6 heteroatoms. The summed E-state index contributed by atoms with van der Waals surface area (Å²) in [6, 6.07) is 0.201. The quantitative estimate of drug-likeness (QED) is 0.843. The highest BCUT2D eigenvalue weighted by Gasteiger charge is 2.34. The molecule has 1 aromatic rings. The van der Waals surface area contributed by atoms with Gasteiger partial charge in [-0.1, -0.05) is 13.8 Å². The van der Waals surface area contributed by atoms with Gasteiger partial charge in [0.05, 0.1) is 11.9 Å². The summed E-state index contributed by atoms with van der Waals surface area (Å²) in [5.74, 6) is 0. The van der Waals surface area contributed by atoms with Crippen molar-refractivity contribution in [3.63, 3.8) is 0 Å². The molecule has 1 fully saturated rings. The van der Waals surface area contributed by atoms with Crippen LogP contribution < -0.4 is 16.2 Å². The first-order chi connectivity index (χ1) is 8.33. The number of rotatable bonds is 1. The van der Waals surface area contributed by atoms with E-state index in [1.54, 1.807) is 13.2 Å². The molecule has 0 aliphatic carbocycles. The van der Waals surface area contributed by atoms with Crippen LogP contribution in [0.2, 0.25) is 0 Å². The molecule has 1 aliphatic rings. The molecule has 1 atom stereocenters. The molecule has 2 heterocycles. The van der Waals surface area contributed by atoms with Crippen LogP contribution in [0.3, 0.4) is 0 Å². The van der Waals surface area contributed by atoms with Gasteiger partial charge in [0.1, 0.15) is 4.47 Å². The van der Waals surface area contributed by atoms with Gasteiger partial charge in [0.2, 0.25) is 0 Å². The molecule has 0 bridgehead atoms. The SMILES string of the molecule is Cn1ncc(N2CCC(N)C(C)(C)C2)c(Br)c1=O. The first kappa shape index (κ1) is 13.5. The maximum absolute atomic E-state index is 11.9. The van der Waals surface area contributed by atoms with Crippen LogP contribution in [0.15, 0.2) is 15.5 Å². The number of halogens is 1. The number of hydrogen-bond donors (Lipinski definition) is 1. The third-order valence-corrected chi connectivity index (χ3v) is 4.46. The molecule has 1 unspecified atom stereocenters. The highest BCUT2D eigenvalue weighted by atomic mass is 79.9. The van der Waals surface area contributed by atoms with Crippen molar-refractivity contribution < 1.29 is 0 Å². The molecule has 0 aromatic carbocycles.